The van der Waals surface area contributed by atoms with E-state index in [0.29, 0.717) is 17.4 Å². The van der Waals surface area contributed by atoms with Crippen LogP contribution in [0.25, 0.3) is 5.82 Å². The maximum Gasteiger partial charge on any atom is 0.157 e. The Balaban J connectivity index is 1.76. The summed E-state index contributed by atoms with van der Waals surface area (Å²) in [5, 5.41) is 11.6. The number of rotatable bonds is 3. The maximum absolute atomic E-state index is 5.73. The molecular weight excluding hydrogens is 228 g/mol. The zero-order valence-electron chi connectivity index (χ0n) is 10.1. The summed E-state index contributed by atoms with van der Waals surface area (Å²) in [6, 6.07) is 3.54. The molecule has 6 nitrogen and oxygen atoms in total. The van der Waals surface area contributed by atoms with Crippen molar-refractivity contribution < 1.29 is 0 Å². The molecule has 1 atom stereocenters. The highest BCUT2D eigenvalue weighted by Crippen LogP contribution is 2.14. The van der Waals surface area contributed by atoms with Crippen molar-refractivity contribution in [1.82, 2.24) is 25.3 Å². The lowest BCUT2D eigenvalue weighted by Gasteiger charge is -2.03. The quantitative estimate of drug-likeness (QED) is 0.816. The van der Waals surface area contributed by atoms with Gasteiger partial charge in [0.1, 0.15) is 0 Å². The molecule has 0 bridgehead atoms. The summed E-state index contributed by atoms with van der Waals surface area (Å²) in [7, 11) is 0. The van der Waals surface area contributed by atoms with Crippen molar-refractivity contribution in [3.63, 3.8) is 0 Å². The number of nitrogen functional groups attached to an aromatic ring is 1. The van der Waals surface area contributed by atoms with E-state index in [1.54, 1.807) is 23.0 Å². The Morgan fingerprint density at radius 2 is 2.44 bits per heavy atom. The first-order valence-corrected chi connectivity index (χ1v) is 6.15. The minimum atomic E-state index is 0.670. The number of aromatic nitrogens is 4. The fourth-order valence-corrected chi connectivity index (χ4v) is 2.25. The Morgan fingerprint density at radius 1 is 1.50 bits per heavy atom. The van der Waals surface area contributed by atoms with Gasteiger partial charge in [-0.25, -0.2) is 9.67 Å². The van der Waals surface area contributed by atoms with Crippen LogP contribution in [0.15, 0.2) is 24.5 Å². The normalized spacial score (nSPS) is 19.2. The number of hydrogen-bond acceptors (Lipinski definition) is 5. The molecule has 2 aromatic heterocycles. The second-order valence-corrected chi connectivity index (χ2v) is 4.66. The molecule has 1 saturated heterocycles. The van der Waals surface area contributed by atoms with Crippen molar-refractivity contribution in [2.75, 3.05) is 18.8 Å². The first-order valence-electron chi connectivity index (χ1n) is 6.15. The second kappa shape index (κ2) is 4.73. The van der Waals surface area contributed by atoms with Crippen molar-refractivity contribution in [2.45, 2.75) is 12.8 Å². The largest absolute Gasteiger partial charge is 0.399 e. The highest BCUT2D eigenvalue weighted by molar-refractivity contribution is 5.42. The van der Waals surface area contributed by atoms with Gasteiger partial charge in [0, 0.05) is 18.0 Å². The highest BCUT2D eigenvalue weighted by Gasteiger charge is 2.16. The third kappa shape index (κ3) is 2.33. The van der Waals surface area contributed by atoms with E-state index in [4.69, 9.17) is 5.73 Å². The van der Waals surface area contributed by atoms with Gasteiger partial charge in [0.2, 0.25) is 0 Å². The van der Waals surface area contributed by atoms with Crippen LogP contribution in [0.1, 0.15) is 12.1 Å². The maximum atomic E-state index is 5.73. The molecule has 1 unspecified atom stereocenters. The molecule has 0 saturated carbocycles. The molecule has 3 N–H and O–H groups in total. The van der Waals surface area contributed by atoms with Gasteiger partial charge in [0.05, 0.1) is 11.9 Å². The fourth-order valence-electron chi connectivity index (χ4n) is 2.25. The molecule has 94 valence electrons. The van der Waals surface area contributed by atoms with Crippen LogP contribution in [-0.4, -0.2) is 33.1 Å². The van der Waals surface area contributed by atoms with Crippen LogP contribution in [0, 0.1) is 5.92 Å². The topological polar surface area (TPSA) is 81.6 Å². The molecule has 1 aliphatic heterocycles. The Hall–Kier alpha value is -1.95. The molecule has 1 fully saturated rings. The number of nitrogens with zero attached hydrogens (tertiary/aromatic N) is 4. The smallest absolute Gasteiger partial charge is 0.157 e. The van der Waals surface area contributed by atoms with Crippen molar-refractivity contribution >= 4 is 5.69 Å². The Kier molecular flexibility index (Phi) is 2.93. The summed E-state index contributed by atoms with van der Waals surface area (Å²) >= 11 is 0. The molecule has 18 heavy (non-hydrogen) atoms. The van der Waals surface area contributed by atoms with E-state index < -0.39 is 0 Å². The zero-order valence-corrected chi connectivity index (χ0v) is 10.1. The van der Waals surface area contributed by atoms with E-state index in [1.165, 1.54) is 6.42 Å². The number of pyridine rings is 1. The van der Waals surface area contributed by atoms with E-state index in [-0.39, 0.29) is 0 Å². The summed E-state index contributed by atoms with van der Waals surface area (Å²) in [5.41, 5.74) is 7.41. The summed E-state index contributed by atoms with van der Waals surface area (Å²) in [4.78, 5) is 4.22. The summed E-state index contributed by atoms with van der Waals surface area (Å²) in [6.45, 7) is 2.18. The van der Waals surface area contributed by atoms with Crippen molar-refractivity contribution in [3.8, 4) is 5.82 Å². The summed E-state index contributed by atoms with van der Waals surface area (Å²) in [6.07, 6.45) is 5.78. The molecule has 6 heteroatoms. The van der Waals surface area contributed by atoms with Gasteiger partial charge in [-0.05, 0) is 37.9 Å². The molecular formula is C12H16N6. The van der Waals surface area contributed by atoms with Crippen LogP contribution in [0.3, 0.4) is 0 Å². The van der Waals surface area contributed by atoms with Gasteiger partial charge in [-0.3, -0.25) is 0 Å². The van der Waals surface area contributed by atoms with Crippen LogP contribution in [0.4, 0.5) is 5.69 Å². The van der Waals surface area contributed by atoms with E-state index >= 15 is 0 Å². The van der Waals surface area contributed by atoms with Crippen LogP contribution >= 0.6 is 0 Å². The van der Waals surface area contributed by atoms with Crippen LogP contribution in [0.2, 0.25) is 0 Å². The minimum absolute atomic E-state index is 0.670. The van der Waals surface area contributed by atoms with Crippen molar-refractivity contribution in [1.29, 1.82) is 0 Å². The molecule has 0 aliphatic carbocycles. The molecule has 0 amide bonds. The van der Waals surface area contributed by atoms with E-state index in [9.17, 15) is 0 Å². The number of nitrogens with two attached hydrogens (primary N) is 1. The molecule has 2 aromatic rings. The fraction of sp³-hybridized carbons (Fsp3) is 0.417. The highest BCUT2D eigenvalue weighted by atomic mass is 15.4. The van der Waals surface area contributed by atoms with Gasteiger partial charge in [-0.1, -0.05) is 5.21 Å². The van der Waals surface area contributed by atoms with Gasteiger partial charge in [-0.15, -0.1) is 5.10 Å². The predicted molar refractivity (Wildman–Crippen MR) is 68.2 cm³/mol. The molecule has 0 aromatic carbocycles. The molecule has 1 aliphatic rings. The van der Waals surface area contributed by atoms with Gasteiger partial charge in [0.15, 0.2) is 5.82 Å². The van der Waals surface area contributed by atoms with Gasteiger partial charge in [-0.2, -0.15) is 0 Å². The monoisotopic (exact) mass is 244 g/mol. The lowest BCUT2D eigenvalue weighted by Crippen LogP contribution is -2.10. The molecule has 0 spiro atoms. The minimum Gasteiger partial charge on any atom is -0.399 e. The third-order valence-electron chi connectivity index (χ3n) is 3.21. The van der Waals surface area contributed by atoms with E-state index in [2.05, 4.69) is 20.6 Å². The molecule has 3 heterocycles. The average molecular weight is 244 g/mol. The Bertz CT molecular complexity index is 529. The second-order valence-electron chi connectivity index (χ2n) is 4.66. The van der Waals surface area contributed by atoms with Gasteiger partial charge < -0.3 is 11.1 Å². The number of hydrogen-bond donors (Lipinski definition) is 2. The van der Waals surface area contributed by atoms with Gasteiger partial charge in [0.25, 0.3) is 0 Å². The van der Waals surface area contributed by atoms with E-state index in [0.717, 1.165) is 25.2 Å². The third-order valence-corrected chi connectivity index (χ3v) is 3.21. The summed E-state index contributed by atoms with van der Waals surface area (Å²) < 4.78 is 1.67. The Labute approximate surface area is 105 Å². The van der Waals surface area contributed by atoms with E-state index in [1.807, 2.05) is 6.20 Å². The Morgan fingerprint density at radius 3 is 3.22 bits per heavy atom. The van der Waals surface area contributed by atoms with Crippen molar-refractivity contribution in [2.24, 2.45) is 5.92 Å². The number of anilines is 1. The van der Waals surface area contributed by atoms with Crippen LogP contribution in [-0.2, 0) is 6.42 Å². The van der Waals surface area contributed by atoms with Crippen LogP contribution in [0.5, 0.6) is 0 Å². The standard InChI is InChI=1S/C12H16N6/c13-10-2-4-15-12(6-10)18-8-11(16-17-18)5-9-1-3-14-7-9/h2,4,6,8-9,14H,1,3,5,7H2,(H2,13,15). The van der Waals surface area contributed by atoms with Crippen molar-refractivity contribution in [3.05, 3.63) is 30.2 Å². The average Bonchev–Trinajstić information content (AvgIpc) is 3.01. The van der Waals surface area contributed by atoms with Gasteiger partial charge >= 0.3 is 0 Å². The molecule has 3 rings (SSSR count). The lowest BCUT2D eigenvalue weighted by atomic mass is 10.0. The molecule has 0 radical (unpaired) electrons. The predicted octanol–water partition coefficient (Wildman–Crippen LogP) is 0.396. The SMILES string of the molecule is Nc1ccnc(-n2cc(CC3CCNC3)nn2)c1. The zero-order chi connectivity index (χ0) is 12.4. The summed E-state index contributed by atoms with van der Waals surface area (Å²) in [5.74, 6) is 1.38. The van der Waals surface area contributed by atoms with Crippen LogP contribution < -0.4 is 11.1 Å². The lowest BCUT2D eigenvalue weighted by molar-refractivity contribution is 0.571. The number of nitrogens with one attached hydrogen (secondary N) is 1. The first kappa shape index (κ1) is 11.2. The first-order chi connectivity index (χ1) is 8.81.